The van der Waals surface area contributed by atoms with Gasteiger partial charge in [-0.3, -0.25) is 4.79 Å². The van der Waals surface area contributed by atoms with Crippen LogP contribution < -0.4 is 5.32 Å². The number of nitrogens with zero attached hydrogens (tertiary/aromatic N) is 7. The number of tetrazole rings is 1. The number of anilines is 1. The van der Waals surface area contributed by atoms with Crippen LogP contribution in [0.3, 0.4) is 0 Å². The van der Waals surface area contributed by atoms with Crippen LogP contribution in [-0.2, 0) is 24.3 Å². The number of carbonyl (C=O) groups excluding carboxylic acids is 1. The Morgan fingerprint density at radius 1 is 1.00 bits per heavy atom. The lowest BCUT2D eigenvalue weighted by atomic mass is 10.1. The molecular formula is C22H24N8OS. The molecule has 0 aliphatic rings. The van der Waals surface area contributed by atoms with E-state index in [4.69, 9.17) is 0 Å². The van der Waals surface area contributed by atoms with E-state index in [1.807, 2.05) is 66.1 Å². The van der Waals surface area contributed by atoms with Crippen molar-refractivity contribution in [2.24, 2.45) is 0 Å². The van der Waals surface area contributed by atoms with E-state index in [1.54, 1.807) is 0 Å². The highest BCUT2D eigenvalue weighted by Crippen LogP contribution is 2.20. The van der Waals surface area contributed by atoms with E-state index in [1.165, 1.54) is 16.6 Å². The third kappa shape index (κ3) is 5.02. The largest absolute Gasteiger partial charge is 0.325 e. The Morgan fingerprint density at radius 2 is 1.78 bits per heavy atom. The van der Waals surface area contributed by atoms with Gasteiger partial charge in [0.05, 0.1) is 5.75 Å². The molecule has 1 amide bonds. The molecule has 9 nitrogen and oxygen atoms in total. The van der Waals surface area contributed by atoms with Crippen molar-refractivity contribution in [3.8, 4) is 11.4 Å². The molecule has 4 aromatic rings. The van der Waals surface area contributed by atoms with Crippen LogP contribution in [-0.4, -0.2) is 46.6 Å². The second-order valence-electron chi connectivity index (χ2n) is 7.00. The molecule has 0 saturated carbocycles. The van der Waals surface area contributed by atoms with Gasteiger partial charge >= 0.3 is 0 Å². The SMILES string of the molecule is CCc1ccccc1NC(=O)CSc1nnc(Cn2nnc(-c3ccccc3)n2)n1CC. The van der Waals surface area contributed by atoms with Gasteiger partial charge in [-0.05, 0) is 30.2 Å². The third-order valence-electron chi connectivity index (χ3n) is 4.88. The molecule has 0 unspecified atom stereocenters. The second kappa shape index (κ2) is 10.2. The normalized spacial score (nSPS) is 10.9. The highest BCUT2D eigenvalue weighted by molar-refractivity contribution is 7.99. The Hall–Kier alpha value is -3.53. The minimum Gasteiger partial charge on any atom is -0.325 e. The second-order valence-corrected chi connectivity index (χ2v) is 7.94. The van der Waals surface area contributed by atoms with Gasteiger partial charge in [0.2, 0.25) is 11.7 Å². The smallest absolute Gasteiger partial charge is 0.234 e. The molecule has 32 heavy (non-hydrogen) atoms. The maximum absolute atomic E-state index is 12.5. The summed E-state index contributed by atoms with van der Waals surface area (Å²) in [4.78, 5) is 14.0. The molecule has 0 aliphatic heterocycles. The average molecular weight is 449 g/mol. The van der Waals surface area contributed by atoms with Gasteiger partial charge in [-0.25, -0.2) is 0 Å². The molecule has 0 atom stereocenters. The Balaban J connectivity index is 1.40. The quantitative estimate of drug-likeness (QED) is 0.392. The third-order valence-corrected chi connectivity index (χ3v) is 5.85. The summed E-state index contributed by atoms with van der Waals surface area (Å²) in [6.45, 7) is 5.10. The maximum Gasteiger partial charge on any atom is 0.234 e. The summed E-state index contributed by atoms with van der Waals surface area (Å²) < 4.78 is 1.96. The van der Waals surface area contributed by atoms with Gasteiger partial charge in [-0.1, -0.05) is 67.2 Å². The standard InChI is InChI=1S/C22H24N8OS/c1-3-16-10-8-9-13-18(16)23-20(31)15-32-22-26-24-19(29(22)4-2)14-30-27-21(25-28-30)17-11-6-5-7-12-17/h5-13H,3-4,14-15H2,1-2H3,(H,23,31). The molecule has 0 aliphatic carbocycles. The van der Waals surface area contributed by atoms with E-state index in [0.29, 0.717) is 29.9 Å². The van der Waals surface area contributed by atoms with Crippen LogP contribution in [0.4, 0.5) is 5.69 Å². The van der Waals surface area contributed by atoms with Gasteiger partial charge in [-0.15, -0.1) is 20.4 Å². The highest BCUT2D eigenvalue weighted by Gasteiger charge is 2.16. The fourth-order valence-electron chi connectivity index (χ4n) is 3.27. The van der Waals surface area contributed by atoms with Crippen LogP contribution in [0.5, 0.6) is 0 Å². The number of amides is 1. The Bertz CT molecular complexity index is 1190. The maximum atomic E-state index is 12.5. The lowest BCUT2D eigenvalue weighted by Gasteiger charge is -2.10. The molecule has 2 heterocycles. The first-order valence-electron chi connectivity index (χ1n) is 10.4. The van der Waals surface area contributed by atoms with Crippen molar-refractivity contribution in [2.75, 3.05) is 11.1 Å². The molecular weight excluding hydrogens is 424 g/mol. The van der Waals surface area contributed by atoms with Crippen LogP contribution in [0.2, 0.25) is 0 Å². The molecule has 0 fully saturated rings. The molecule has 1 N–H and O–H groups in total. The van der Waals surface area contributed by atoms with E-state index < -0.39 is 0 Å². The number of aromatic nitrogens is 7. The Kier molecular flexibility index (Phi) is 6.90. The van der Waals surface area contributed by atoms with E-state index >= 15 is 0 Å². The lowest BCUT2D eigenvalue weighted by Crippen LogP contribution is -2.16. The summed E-state index contributed by atoms with van der Waals surface area (Å²) in [5.41, 5.74) is 2.87. The van der Waals surface area contributed by atoms with E-state index in [-0.39, 0.29) is 11.7 Å². The number of nitrogens with one attached hydrogen (secondary N) is 1. The fraction of sp³-hybridized carbons (Fsp3) is 0.273. The number of carbonyl (C=O) groups is 1. The molecule has 0 saturated heterocycles. The van der Waals surface area contributed by atoms with Crippen molar-refractivity contribution in [3.05, 3.63) is 66.0 Å². The average Bonchev–Trinajstić information content (AvgIpc) is 3.45. The van der Waals surface area contributed by atoms with Gasteiger partial charge < -0.3 is 9.88 Å². The van der Waals surface area contributed by atoms with Crippen molar-refractivity contribution in [2.45, 2.75) is 38.5 Å². The summed E-state index contributed by atoms with van der Waals surface area (Å²) in [6, 6.07) is 17.5. The zero-order valence-electron chi connectivity index (χ0n) is 18.0. The minimum atomic E-state index is -0.0754. The summed E-state index contributed by atoms with van der Waals surface area (Å²) in [5, 5.41) is 24.9. The van der Waals surface area contributed by atoms with Crippen LogP contribution >= 0.6 is 11.8 Å². The minimum absolute atomic E-state index is 0.0754. The lowest BCUT2D eigenvalue weighted by molar-refractivity contribution is -0.113. The molecule has 0 bridgehead atoms. The topological polar surface area (TPSA) is 103 Å². The fourth-order valence-corrected chi connectivity index (χ4v) is 4.09. The summed E-state index contributed by atoms with van der Waals surface area (Å²) in [7, 11) is 0. The number of thioether (sulfide) groups is 1. The van der Waals surface area contributed by atoms with E-state index in [2.05, 4.69) is 37.8 Å². The van der Waals surface area contributed by atoms with Gasteiger partial charge in [0.1, 0.15) is 6.54 Å². The highest BCUT2D eigenvalue weighted by atomic mass is 32.2. The van der Waals surface area contributed by atoms with Gasteiger partial charge in [0.25, 0.3) is 0 Å². The molecule has 0 radical (unpaired) electrons. The zero-order chi connectivity index (χ0) is 22.3. The zero-order valence-corrected chi connectivity index (χ0v) is 18.8. The number of hydrogen-bond acceptors (Lipinski definition) is 7. The van der Waals surface area contributed by atoms with Crippen molar-refractivity contribution < 1.29 is 4.79 Å². The molecule has 4 rings (SSSR count). The van der Waals surface area contributed by atoms with Crippen molar-refractivity contribution >= 4 is 23.4 Å². The molecule has 10 heteroatoms. The van der Waals surface area contributed by atoms with Crippen LogP contribution in [0, 0.1) is 0 Å². The van der Waals surface area contributed by atoms with Crippen LogP contribution in [0.25, 0.3) is 11.4 Å². The molecule has 2 aromatic carbocycles. The first kappa shape index (κ1) is 21.7. The summed E-state index contributed by atoms with van der Waals surface area (Å²) >= 11 is 1.36. The number of aryl methyl sites for hydroxylation is 1. The first-order chi connectivity index (χ1) is 15.7. The van der Waals surface area contributed by atoms with Gasteiger partial charge in [-0.2, -0.15) is 4.80 Å². The predicted octanol–water partition coefficient (Wildman–Crippen LogP) is 3.29. The number of benzene rings is 2. The van der Waals surface area contributed by atoms with E-state index in [0.717, 1.165) is 23.2 Å². The van der Waals surface area contributed by atoms with Crippen molar-refractivity contribution in [3.63, 3.8) is 0 Å². The molecule has 164 valence electrons. The number of rotatable bonds is 9. The Morgan fingerprint density at radius 3 is 2.56 bits per heavy atom. The van der Waals surface area contributed by atoms with Gasteiger partial charge in [0.15, 0.2) is 11.0 Å². The Labute approximate surface area is 190 Å². The predicted molar refractivity (Wildman–Crippen MR) is 123 cm³/mol. The summed E-state index contributed by atoms with van der Waals surface area (Å²) in [6.07, 6.45) is 0.861. The summed E-state index contributed by atoms with van der Waals surface area (Å²) in [5.74, 6) is 1.44. The van der Waals surface area contributed by atoms with Crippen molar-refractivity contribution in [1.29, 1.82) is 0 Å². The van der Waals surface area contributed by atoms with E-state index in [9.17, 15) is 4.79 Å². The first-order valence-corrected chi connectivity index (χ1v) is 11.4. The van der Waals surface area contributed by atoms with Gasteiger partial charge in [0, 0.05) is 17.8 Å². The molecule has 2 aromatic heterocycles. The number of para-hydroxylation sites is 1. The molecule has 0 spiro atoms. The van der Waals surface area contributed by atoms with Crippen molar-refractivity contribution in [1.82, 2.24) is 35.0 Å². The number of hydrogen-bond donors (Lipinski definition) is 1. The monoisotopic (exact) mass is 448 g/mol. The van der Waals surface area contributed by atoms with Crippen LogP contribution in [0.1, 0.15) is 25.2 Å². The van der Waals surface area contributed by atoms with Crippen LogP contribution in [0.15, 0.2) is 59.8 Å².